The lowest BCUT2D eigenvalue weighted by atomic mass is 10.2. The molecule has 0 saturated carbocycles. The fourth-order valence-electron chi connectivity index (χ4n) is 1.64. The van der Waals surface area contributed by atoms with Crippen LogP contribution in [0, 0.1) is 11.3 Å². The van der Waals surface area contributed by atoms with Gasteiger partial charge < -0.3 is 15.2 Å². The average Bonchev–Trinajstić information content (AvgIpc) is 2.89. The maximum Gasteiger partial charge on any atom is 0.148 e. The summed E-state index contributed by atoms with van der Waals surface area (Å²) in [5, 5.41) is 25.7. The molecule has 0 saturated heterocycles. The summed E-state index contributed by atoms with van der Waals surface area (Å²) in [6.45, 7) is 0.490. The molecule has 1 aromatic carbocycles. The zero-order chi connectivity index (χ0) is 14.4. The van der Waals surface area contributed by atoms with Crippen molar-refractivity contribution in [1.82, 2.24) is 9.78 Å². The summed E-state index contributed by atoms with van der Waals surface area (Å²) in [6.07, 6.45) is 1.15. The van der Waals surface area contributed by atoms with Crippen LogP contribution in [-0.2, 0) is 7.05 Å². The normalized spacial score (nSPS) is 11.7. The van der Waals surface area contributed by atoms with E-state index in [4.69, 9.17) is 10.00 Å². The van der Waals surface area contributed by atoms with Gasteiger partial charge in [-0.1, -0.05) is 6.07 Å². The van der Waals surface area contributed by atoms with Crippen molar-refractivity contribution in [2.24, 2.45) is 7.05 Å². The molecule has 2 N–H and O–H groups in total. The van der Waals surface area contributed by atoms with Gasteiger partial charge in [-0.15, -0.1) is 0 Å². The Morgan fingerprint density at radius 1 is 1.50 bits per heavy atom. The van der Waals surface area contributed by atoms with E-state index < -0.39 is 6.10 Å². The summed E-state index contributed by atoms with van der Waals surface area (Å²) in [5.41, 5.74) is 0.531. The number of rotatable bonds is 6. The van der Waals surface area contributed by atoms with Gasteiger partial charge in [0.15, 0.2) is 0 Å². The van der Waals surface area contributed by atoms with Gasteiger partial charge in [-0.2, -0.15) is 10.4 Å². The first-order valence-corrected chi connectivity index (χ1v) is 6.22. The number of hydrogen-bond donors (Lipinski definition) is 2. The number of benzene rings is 1. The molecule has 104 valence electrons. The van der Waals surface area contributed by atoms with E-state index in [1.807, 2.05) is 25.4 Å². The van der Waals surface area contributed by atoms with Gasteiger partial charge >= 0.3 is 0 Å². The molecular formula is C14H16N4O2. The molecule has 1 unspecified atom stereocenters. The van der Waals surface area contributed by atoms with Crippen molar-refractivity contribution in [1.29, 1.82) is 5.26 Å². The minimum Gasteiger partial charge on any atom is -0.491 e. The number of aromatic nitrogens is 2. The smallest absolute Gasteiger partial charge is 0.148 e. The zero-order valence-electron chi connectivity index (χ0n) is 11.2. The second-order valence-electron chi connectivity index (χ2n) is 4.36. The molecule has 0 aliphatic rings. The third-order valence-corrected chi connectivity index (χ3v) is 2.64. The summed E-state index contributed by atoms with van der Waals surface area (Å²) in [7, 11) is 1.83. The fourth-order valence-corrected chi connectivity index (χ4v) is 1.64. The molecule has 0 aliphatic heterocycles. The van der Waals surface area contributed by atoms with E-state index in [1.54, 1.807) is 28.9 Å². The predicted octanol–water partition coefficient (Wildman–Crippen LogP) is 1.14. The first kappa shape index (κ1) is 13.9. The molecule has 0 fully saturated rings. The number of aliphatic hydroxyl groups is 1. The van der Waals surface area contributed by atoms with Crippen molar-refractivity contribution in [2.75, 3.05) is 18.5 Å². The molecule has 1 aromatic heterocycles. The maximum atomic E-state index is 9.82. The molecule has 1 heterocycles. The number of aryl methyl sites for hydroxylation is 1. The van der Waals surface area contributed by atoms with Crippen molar-refractivity contribution in [3.63, 3.8) is 0 Å². The standard InChI is InChI=1S/C14H16N4O2/c1-18-6-5-14(17-18)16-9-12(19)10-20-13-4-2-3-11(7-13)8-15/h2-7,12,19H,9-10H2,1H3,(H,16,17). The number of nitriles is 1. The van der Waals surface area contributed by atoms with Crippen LogP contribution in [0.25, 0.3) is 0 Å². The first-order chi connectivity index (χ1) is 9.67. The maximum absolute atomic E-state index is 9.82. The number of nitrogens with one attached hydrogen (secondary N) is 1. The summed E-state index contributed by atoms with van der Waals surface area (Å²) in [4.78, 5) is 0. The Morgan fingerprint density at radius 2 is 2.35 bits per heavy atom. The highest BCUT2D eigenvalue weighted by molar-refractivity contribution is 5.36. The van der Waals surface area contributed by atoms with E-state index in [0.29, 0.717) is 23.7 Å². The molecule has 0 bridgehead atoms. The fraction of sp³-hybridized carbons (Fsp3) is 0.286. The third kappa shape index (κ3) is 4.00. The molecule has 1 atom stereocenters. The van der Waals surface area contributed by atoms with E-state index in [2.05, 4.69) is 10.4 Å². The third-order valence-electron chi connectivity index (χ3n) is 2.64. The van der Waals surface area contributed by atoms with E-state index in [0.717, 1.165) is 0 Å². The highest BCUT2D eigenvalue weighted by atomic mass is 16.5. The quantitative estimate of drug-likeness (QED) is 0.824. The minimum absolute atomic E-state index is 0.148. The van der Waals surface area contributed by atoms with Crippen molar-refractivity contribution in [3.05, 3.63) is 42.1 Å². The van der Waals surface area contributed by atoms with Gasteiger partial charge in [0.2, 0.25) is 0 Å². The van der Waals surface area contributed by atoms with Gasteiger partial charge in [0.25, 0.3) is 0 Å². The number of hydrogen-bond acceptors (Lipinski definition) is 5. The van der Waals surface area contributed by atoms with Crippen LogP contribution in [0.1, 0.15) is 5.56 Å². The first-order valence-electron chi connectivity index (χ1n) is 6.22. The van der Waals surface area contributed by atoms with Gasteiger partial charge in [-0.05, 0) is 18.2 Å². The molecule has 2 aromatic rings. The van der Waals surface area contributed by atoms with Gasteiger partial charge in [0.05, 0.1) is 11.6 Å². The summed E-state index contributed by atoms with van der Waals surface area (Å²) in [5.74, 6) is 1.28. The Hall–Kier alpha value is -2.52. The molecule has 0 aliphatic carbocycles. The Kier molecular flexibility index (Phi) is 4.58. The largest absolute Gasteiger partial charge is 0.491 e. The van der Waals surface area contributed by atoms with Crippen molar-refractivity contribution >= 4 is 5.82 Å². The van der Waals surface area contributed by atoms with Crippen LogP contribution in [0.3, 0.4) is 0 Å². The van der Waals surface area contributed by atoms with Gasteiger partial charge in [0.1, 0.15) is 24.3 Å². The van der Waals surface area contributed by atoms with Gasteiger partial charge in [-0.3, -0.25) is 4.68 Å². The van der Waals surface area contributed by atoms with Crippen LogP contribution in [-0.4, -0.2) is 34.1 Å². The van der Waals surface area contributed by atoms with Gasteiger partial charge in [0, 0.05) is 25.9 Å². The Morgan fingerprint density at radius 3 is 3.05 bits per heavy atom. The highest BCUT2D eigenvalue weighted by Crippen LogP contribution is 2.12. The lowest BCUT2D eigenvalue weighted by Crippen LogP contribution is -2.26. The molecule has 0 spiro atoms. The average molecular weight is 272 g/mol. The van der Waals surface area contributed by atoms with Crippen LogP contribution >= 0.6 is 0 Å². The van der Waals surface area contributed by atoms with Crippen LogP contribution in [0.5, 0.6) is 5.75 Å². The molecule has 0 amide bonds. The predicted molar refractivity (Wildman–Crippen MR) is 74.4 cm³/mol. The zero-order valence-corrected chi connectivity index (χ0v) is 11.2. The summed E-state index contributed by atoms with van der Waals surface area (Å²) in [6, 6.07) is 10.7. The van der Waals surface area contributed by atoms with Crippen molar-refractivity contribution < 1.29 is 9.84 Å². The molecular weight excluding hydrogens is 256 g/mol. The number of anilines is 1. The number of ether oxygens (including phenoxy) is 1. The number of nitrogens with zero attached hydrogens (tertiary/aromatic N) is 3. The van der Waals surface area contributed by atoms with E-state index in [9.17, 15) is 5.11 Å². The summed E-state index contributed by atoms with van der Waals surface area (Å²) >= 11 is 0. The number of aliphatic hydroxyl groups excluding tert-OH is 1. The SMILES string of the molecule is Cn1ccc(NCC(O)COc2cccc(C#N)c2)n1. The molecule has 6 nitrogen and oxygen atoms in total. The lowest BCUT2D eigenvalue weighted by molar-refractivity contribution is 0.117. The van der Waals surface area contributed by atoms with Crippen molar-refractivity contribution in [3.8, 4) is 11.8 Å². The Balaban J connectivity index is 1.77. The van der Waals surface area contributed by atoms with Gasteiger partial charge in [-0.25, -0.2) is 0 Å². The van der Waals surface area contributed by atoms with Crippen LogP contribution in [0.4, 0.5) is 5.82 Å². The van der Waals surface area contributed by atoms with Crippen LogP contribution < -0.4 is 10.1 Å². The lowest BCUT2D eigenvalue weighted by Gasteiger charge is -2.13. The van der Waals surface area contributed by atoms with E-state index in [-0.39, 0.29) is 6.61 Å². The molecule has 6 heteroatoms. The monoisotopic (exact) mass is 272 g/mol. The topological polar surface area (TPSA) is 83.1 Å². The van der Waals surface area contributed by atoms with Crippen molar-refractivity contribution in [2.45, 2.75) is 6.10 Å². The molecule has 2 rings (SSSR count). The van der Waals surface area contributed by atoms with Crippen LogP contribution in [0.15, 0.2) is 36.5 Å². The molecule has 0 radical (unpaired) electrons. The highest BCUT2D eigenvalue weighted by Gasteiger charge is 2.06. The second kappa shape index (κ2) is 6.59. The summed E-state index contributed by atoms with van der Waals surface area (Å²) < 4.78 is 7.12. The Labute approximate surface area is 117 Å². The Bertz CT molecular complexity index is 603. The minimum atomic E-state index is -0.664. The second-order valence-corrected chi connectivity index (χ2v) is 4.36. The van der Waals surface area contributed by atoms with E-state index >= 15 is 0 Å². The molecule has 20 heavy (non-hydrogen) atoms. The van der Waals surface area contributed by atoms with E-state index in [1.165, 1.54) is 0 Å². The van der Waals surface area contributed by atoms with Crippen LogP contribution in [0.2, 0.25) is 0 Å².